The molecule has 0 fully saturated rings. The fourth-order valence-electron chi connectivity index (χ4n) is 1.61. The molecule has 1 aromatic heterocycles. The van der Waals surface area contributed by atoms with E-state index in [0.29, 0.717) is 12.2 Å². The van der Waals surface area contributed by atoms with Crippen molar-refractivity contribution < 1.29 is 9.66 Å². The summed E-state index contributed by atoms with van der Waals surface area (Å²) in [6.07, 6.45) is 1.63. The van der Waals surface area contributed by atoms with Crippen molar-refractivity contribution in [2.75, 3.05) is 12.4 Å². The van der Waals surface area contributed by atoms with E-state index in [-0.39, 0.29) is 11.4 Å². The topological polar surface area (TPSA) is 95.1 Å². The predicted molar refractivity (Wildman–Crippen MR) is 68.0 cm³/mol. The molecule has 0 spiro atoms. The van der Waals surface area contributed by atoms with Gasteiger partial charge in [0.15, 0.2) is 5.75 Å². The molecule has 0 saturated heterocycles. The molecule has 1 aromatic carbocycles. The predicted octanol–water partition coefficient (Wildman–Crippen LogP) is 1.34. The number of aryl methyl sites for hydroxylation is 1. The fraction of sp³-hybridized carbons (Fsp3) is 0.273. The van der Waals surface area contributed by atoms with E-state index in [1.54, 1.807) is 30.1 Å². The number of nitro groups is 1. The highest BCUT2D eigenvalue weighted by molar-refractivity contribution is 5.58. The summed E-state index contributed by atoms with van der Waals surface area (Å²) in [5.74, 6) is 0.234. The Bertz CT molecular complexity index is 596. The van der Waals surface area contributed by atoms with Crippen molar-refractivity contribution in [3.8, 4) is 5.75 Å². The molecule has 19 heavy (non-hydrogen) atoms. The molecule has 0 aliphatic carbocycles. The SMILES string of the molecule is COc1ccc(NCc2cnnn2C)cc1[N+](=O)[O-]. The van der Waals surface area contributed by atoms with Gasteiger partial charge in [0.1, 0.15) is 0 Å². The van der Waals surface area contributed by atoms with Crippen LogP contribution in [0.4, 0.5) is 11.4 Å². The van der Waals surface area contributed by atoms with Crippen molar-refractivity contribution in [2.45, 2.75) is 6.54 Å². The molecule has 8 heteroatoms. The third kappa shape index (κ3) is 2.79. The van der Waals surface area contributed by atoms with E-state index in [0.717, 1.165) is 5.69 Å². The van der Waals surface area contributed by atoms with E-state index >= 15 is 0 Å². The summed E-state index contributed by atoms with van der Waals surface area (Å²) in [6, 6.07) is 4.71. The minimum atomic E-state index is -0.477. The minimum Gasteiger partial charge on any atom is -0.490 e. The summed E-state index contributed by atoms with van der Waals surface area (Å²) in [5, 5.41) is 21.5. The lowest BCUT2D eigenvalue weighted by Gasteiger charge is -2.07. The standard InChI is InChI=1S/C11H13N5O3/c1-15-9(7-13-14-15)6-12-8-3-4-11(19-2)10(5-8)16(17)18/h3-5,7,12H,6H2,1-2H3. The number of ether oxygens (including phenoxy) is 1. The van der Waals surface area contributed by atoms with Crippen molar-refractivity contribution in [1.82, 2.24) is 15.0 Å². The van der Waals surface area contributed by atoms with Gasteiger partial charge in [0, 0.05) is 18.8 Å². The lowest BCUT2D eigenvalue weighted by Crippen LogP contribution is -2.05. The summed E-state index contributed by atoms with van der Waals surface area (Å²) in [7, 11) is 3.18. The second-order valence-corrected chi connectivity index (χ2v) is 3.85. The Morgan fingerprint density at radius 2 is 2.32 bits per heavy atom. The summed E-state index contributed by atoms with van der Waals surface area (Å²) in [6.45, 7) is 0.479. The second kappa shape index (κ2) is 5.34. The van der Waals surface area contributed by atoms with Crippen LogP contribution in [0.5, 0.6) is 5.75 Å². The number of hydrogen-bond donors (Lipinski definition) is 1. The molecule has 0 unspecified atom stereocenters. The molecule has 2 rings (SSSR count). The second-order valence-electron chi connectivity index (χ2n) is 3.85. The maximum Gasteiger partial charge on any atom is 0.312 e. The molecule has 0 radical (unpaired) electrons. The minimum absolute atomic E-state index is 0.0735. The van der Waals surface area contributed by atoms with Crippen LogP contribution in [0, 0.1) is 10.1 Å². The molecule has 0 aliphatic heterocycles. The van der Waals surface area contributed by atoms with E-state index in [1.807, 2.05) is 0 Å². The molecule has 2 aromatic rings. The Hall–Kier alpha value is -2.64. The lowest BCUT2D eigenvalue weighted by molar-refractivity contribution is -0.385. The Labute approximate surface area is 109 Å². The number of benzene rings is 1. The smallest absolute Gasteiger partial charge is 0.312 e. The third-order valence-corrected chi connectivity index (χ3v) is 2.66. The zero-order valence-electron chi connectivity index (χ0n) is 10.5. The summed E-state index contributed by atoms with van der Waals surface area (Å²) in [5.41, 5.74) is 1.43. The number of rotatable bonds is 5. The quantitative estimate of drug-likeness (QED) is 0.646. The highest BCUT2D eigenvalue weighted by Crippen LogP contribution is 2.29. The van der Waals surface area contributed by atoms with E-state index in [4.69, 9.17) is 4.74 Å². The largest absolute Gasteiger partial charge is 0.490 e. The Morgan fingerprint density at radius 3 is 2.89 bits per heavy atom. The van der Waals surface area contributed by atoms with Crippen molar-refractivity contribution in [2.24, 2.45) is 7.05 Å². The number of nitrogens with one attached hydrogen (secondary N) is 1. The average molecular weight is 263 g/mol. The van der Waals surface area contributed by atoms with Crippen LogP contribution in [0.1, 0.15) is 5.69 Å². The van der Waals surface area contributed by atoms with Crippen LogP contribution in [-0.2, 0) is 13.6 Å². The van der Waals surface area contributed by atoms with Crippen LogP contribution in [0.2, 0.25) is 0 Å². The van der Waals surface area contributed by atoms with Crippen LogP contribution in [0.25, 0.3) is 0 Å². The molecule has 100 valence electrons. The molecule has 8 nitrogen and oxygen atoms in total. The number of methoxy groups -OCH3 is 1. The van der Waals surface area contributed by atoms with Crippen LogP contribution in [0.3, 0.4) is 0 Å². The van der Waals surface area contributed by atoms with Gasteiger partial charge in [-0.2, -0.15) is 0 Å². The number of aromatic nitrogens is 3. The Balaban J connectivity index is 2.15. The Morgan fingerprint density at radius 1 is 1.53 bits per heavy atom. The highest BCUT2D eigenvalue weighted by atomic mass is 16.6. The van der Waals surface area contributed by atoms with Crippen molar-refractivity contribution in [3.05, 3.63) is 40.2 Å². The average Bonchev–Trinajstić information content (AvgIpc) is 2.81. The third-order valence-electron chi connectivity index (χ3n) is 2.66. The van der Waals surface area contributed by atoms with E-state index in [9.17, 15) is 10.1 Å². The summed E-state index contributed by atoms with van der Waals surface area (Å²) < 4.78 is 6.57. The van der Waals surface area contributed by atoms with Gasteiger partial charge in [-0.1, -0.05) is 5.21 Å². The lowest BCUT2D eigenvalue weighted by atomic mass is 10.2. The van der Waals surface area contributed by atoms with E-state index < -0.39 is 4.92 Å². The molecular weight excluding hydrogens is 250 g/mol. The first-order valence-electron chi connectivity index (χ1n) is 5.51. The maximum absolute atomic E-state index is 10.9. The molecule has 0 amide bonds. The summed E-state index contributed by atoms with van der Waals surface area (Å²) >= 11 is 0. The monoisotopic (exact) mass is 263 g/mol. The molecule has 0 saturated carbocycles. The number of hydrogen-bond acceptors (Lipinski definition) is 6. The van der Waals surface area contributed by atoms with Gasteiger partial charge < -0.3 is 10.1 Å². The van der Waals surface area contributed by atoms with Gasteiger partial charge in [-0.15, -0.1) is 5.10 Å². The molecule has 0 aliphatic rings. The first-order chi connectivity index (χ1) is 9.11. The maximum atomic E-state index is 10.9. The van der Waals surface area contributed by atoms with E-state index in [1.165, 1.54) is 13.2 Å². The fourth-order valence-corrected chi connectivity index (χ4v) is 1.61. The normalized spacial score (nSPS) is 10.2. The highest BCUT2D eigenvalue weighted by Gasteiger charge is 2.15. The van der Waals surface area contributed by atoms with Gasteiger partial charge >= 0.3 is 5.69 Å². The number of anilines is 1. The van der Waals surface area contributed by atoms with E-state index in [2.05, 4.69) is 15.6 Å². The first kappa shape index (κ1) is 12.8. The van der Waals surface area contributed by atoms with Crippen molar-refractivity contribution in [1.29, 1.82) is 0 Å². The van der Waals surface area contributed by atoms with Crippen LogP contribution < -0.4 is 10.1 Å². The number of nitro benzene ring substituents is 1. The van der Waals surface area contributed by atoms with Crippen molar-refractivity contribution >= 4 is 11.4 Å². The molecule has 0 atom stereocenters. The van der Waals surface area contributed by atoms with Gasteiger partial charge in [-0.3, -0.25) is 14.8 Å². The van der Waals surface area contributed by atoms with Crippen LogP contribution in [-0.4, -0.2) is 27.0 Å². The molecule has 1 N–H and O–H groups in total. The van der Waals surface area contributed by atoms with Crippen molar-refractivity contribution in [3.63, 3.8) is 0 Å². The molecular formula is C11H13N5O3. The summed E-state index contributed by atoms with van der Waals surface area (Å²) in [4.78, 5) is 10.4. The van der Waals surface area contributed by atoms with Gasteiger partial charge in [0.05, 0.1) is 30.5 Å². The van der Waals surface area contributed by atoms with Gasteiger partial charge in [0.2, 0.25) is 0 Å². The molecule has 1 heterocycles. The zero-order valence-corrected chi connectivity index (χ0v) is 10.5. The van der Waals surface area contributed by atoms with Crippen LogP contribution in [0.15, 0.2) is 24.4 Å². The number of nitrogens with zero attached hydrogens (tertiary/aromatic N) is 4. The Kier molecular flexibility index (Phi) is 3.60. The van der Waals surface area contributed by atoms with Crippen LogP contribution >= 0.6 is 0 Å². The zero-order chi connectivity index (χ0) is 13.8. The first-order valence-corrected chi connectivity index (χ1v) is 5.51. The molecule has 0 bridgehead atoms. The van der Waals surface area contributed by atoms with Gasteiger partial charge in [-0.25, -0.2) is 0 Å². The van der Waals surface area contributed by atoms with Gasteiger partial charge in [-0.05, 0) is 12.1 Å². The van der Waals surface area contributed by atoms with Gasteiger partial charge in [0.25, 0.3) is 0 Å².